The smallest absolute Gasteiger partial charge is 0.412 e. The van der Waals surface area contributed by atoms with Gasteiger partial charge in [0.25, 0.3) is 0 Å². The summed E-state index contributed by atoms with van der Waals surface area (Å²) in [5.41, 5.74) is 0.705. The Morgan fingerprint density at radius 3 is 2.50 bits per heavy atom. The largest absolute Gasteiger partial charge is 0.412 e. The zero-order valence-electron chi connectivity index (χ0n) is 10.6. The molecule has 0 radical (unpaired) electrons. The fourth-order valence-corrected chi connectivity index (χ4v) is 2.16. The van der Waals surface area contributed by atoms with E-state index in [1.807, 2.05) is 24.3 Å². The van der Waals surface area contributed by atoms with E-state index in [-0.39, 0.29) is 11.4 Å². The van der Waals surface area contributed by atoms with Crippen molar-refractivity contribution in [2.75, 3.05) is 33.5 Å². The van der Waals surface area contributed by atoms with Crippen molar-refractivity contribution in [2.24, 2.45) is 0 Å². The Bertz CT molecular complexity index is 342. The molecule has 0 atom stereocenters. The monoisotopic (exact) mass is 442 g/mol. The van der Waals surface area contributed by atoms with E-state index < -0.39 is 0 Å². The maximum atomic E-state index is 11.7. The van der Waals surface area contributed by atoms with Gasteiger partial charge in [-0.05, 0) is 0 Å². The first-order chi connectivity index (χ1) is 8.24. The van der Waals surface area contributed by atoms with Crippen molar-refractivity contribution < 1.29 is 45.9 Å². The molecule has 1 aromatic carbocycles. The van der Waals surface area contributed by atoms with Crippen molar-refractivity contribution in [3.8, 4) is 0 Å². The fraction of sp³-hybridized carbons (Fsp3) is 0.417. The van der Waals surface area contributed by atoms with Gasteiger partial charge in [-0.3, -0.25) is 0 Å². The third kappa shape index (κ3) is 7.05. The van der Waals surface area contributed by atoms with E-state index in [4.69, 9.17) is 9.47 Å². The summed E-state index contributed by atoms with van der Waals surface area (Å²) in [5, 5.41) is 2.81. The van der Waals surface area contributed by atoms with Crippen LogP contribution in [0, 0.1) is 0 Å². The van der Waals surface area contributed by atoms with Crippen LogP contribution >= 0.6 is 0 Å². The van der Waals surface area contributed by atoms with E-state index in [0.717, 1.165) is 0 Å². The Morgan fingerprint density at radius 1 is 1.22 bits per heavy atom. The molecule has 18 heavy (non-hydrogen) atoms. The van der Waals surface area contributed by atoms with Gasteiger partial charge in [0, 0.05) is 7.11 Å². The summed E-state index contributed by atoms with van der Waals surface area (Å²) in [5.74, 6) is -0.0475. The van der Waals surface area contributed by atoms with Gasteiger partial charge in [-0.1, -0.05) is 0 Å². The van der Waals surface area contributed by atoms with Gasteiger partial charge in [0.05, 0.1) is 0 Å². The molecule has 0 aliphatic heterocycles. The molecule has 3 N–H and O–H groups in total. The van der Waals surface area contributed by atoms with E-state index in [2.05, 4.69) is 5.32 Å². The number of carbonyl (C=O) groups excluding carboxylic acids is 1. The molecule has 0 aliphatic rings. The predicted molar refractivity (Wildman–Crippen MR) is 64.7 cm³/mol. The van der Waals surface area contributed by atoms with Crippen LogP contribution in [0.2, 0.25) is 0 Å². The SMILES string of the molecule is COCCOCCNC(=O)c1cc[c]([Hg])cc1.O. The number of hydrogen-bond acceptors (Lipinski definition) is 3. The number of amides is 1. The van der Waals surface area contributed by atoms with Gasteiger partial charge < -0.3 is 5.48 Å². The molecule has 0 saturated carbocycles. The van der Waals surface area contributed by atoms with E-state index in [9.17, 15) is 4.79 Å². The molecule has 97 valence electrons. The summed E-state index contributed by atoms with van der Waals surface area (Å²) in [6, 6.07) is 7.74. The second-order valence-corrected chi connectivity index (χ2v) is 6.73. The zero-order chi connectivity index (χ0) is 12.5. The minimum atomic E-state index is -0.0475. The number of benzene rings is 1. The summed E-state index contributed by atoms with van der Waals surface area (Å²) in [6.07, 6.45) is 0. The molecule has 1 rings (SSSR count). The van der Waals surface area contributed by atoms with Crippen LogP contribution in [0.5, 0.6) is 0 Å². The average Bonchev–Trinajstić information content (AvgIpc) is 2.34. The van der Waals surface area contributed by atoms with Crippen molar-refractivity contribution in [1.82, 2.24) is 5.32 Å². The first kappa shape index (κ1) is 17.5. The third-order valence-electron chi connectivity index (χ3n) is 2.18. The summed E-state index contributed by atoms with van der Waals surface area (Å²) < 4.78 is 11.4. The summed E-state index contributed by atoms with van der Waals surface area (Å²) in [4.78, 5) is 11.7. The van der Waals surface area contributed by atoms with Crippen molar-refractivity contribution in [2.45, 2.75) is 0 Å². The Labute approximate surface area is 123 Å². The maximum absolute atomic E-state index is 11.7. The molecule has 0 fully saturated rings. The molecular formula is C12H18HgNO4. The number of hydrogen-bond donors (Lipinski definition) is 1. The Morgan fingerprint density at radius 2 is 1.89 bits per heavy atom. The van der Waals surface area contributed by atoms with Crippen LogP contribution in [-0.4, -0.2) is 44.9 Å². The molecule has 0 saturated heterocycles. The number of ether oxygens (including phenoxy) is 2. The van der Waals surface area contributed by atoms with Crippen molar-refractivity contribution in [1.29, 1.82) is 0 Å². The molecular weight excluding hydrogens is 423 g/mol. The Hall–Kier alpha value is -0.495. The Balaban J connectivity index is 0.00000289. The molecule has 0 heterocycles. The first-order valence-corrected chi connectivity index (χ1v) is 8.26. The van der Waals surface area contributed by atoms with E-state index in [1.54, 1.807) is 7.11 Å². The van der Waals surface area contributed by atoms with Crippen LogP contribution in [0.4, 0.5) is 0 Å². The molecule has 0 aromatic heterocycles. The molecule has 0 unspecified atom stereocenters. The molecule has 6 heteroatoms. The van der Waals surface area contributed by atoms with Gasteiger partial charge in [0.2, 0.25) is 0 Å². The van der Waals surface area contributed by atoms with Crippen molar-refractivity contribution in [3.05, 3.63) is 29.8 Å². The van der Waals surface area contributed by atoms with Crippen LogP contribution in [0.3, 0.4) is 0 Å². The van der Waals surface area contributed by atoms with Crippen molar-refractivity contribution in [3.63, 3.8) is 0 Å². The number of nitrogens with one attached hydrogen (secondary N) is 1. The second-order valence-electron chi connectivity index (χ2n) is 3.56. The quantitative estimate of drug-likeness (QED) is 0.455. The number of carbonyl (C=O) groups is 1. The van der Waals surface area contributed by atoms with Gasteiger partial charge in [0.1, 0.15) is 0 Å². The van der Waals surface area contributed by atoms with Gasteiger partial charge in [-0.2, -0.15) is 0 Å². The maximum Gasteiger partial charge on any atom is -0.412 e. The normalized spacial score (nSPS) is 9.72. The fourth-order valence-electron chi connectivity index (χ4n) is 1.24. The zero-order valence-corrected chi connectivity index (χ0v) is 16.1. The van der Waals surface area contributed by atoms with E-state index in [1.165, 1.54) is 3.07 Å². The van der Waals surface area contributed by atoms with Crippen LogP contribution < -0.4 is 8.39 Å². The average molecular weight is 441 g/mol. The van der Waals surface area contributed by atoms with Gasteiger partial charge >= 0.3 is 111 Å². The Kier molecular flexibility index (Phi) is 10.1. The molecule has 0 aliphatic carbocycles. The molecule has 1 aromatic rings. The third-order valence-corrected chi connectivity index (χ3v) is 4.01. The van der Waals surface area contributed by atoms with Gasteiger partial charge in [-0.15, -0.1) is 0 Å². The molecule has 5 nitrogen and oxygen atoms in total. The number of methoxy groups -OCH3 is 1. The summed E-state index contributed by atoms with van der Waals surface area (Å²) in [7, 11) is 1.63. The van der Waals surface area contributed by atoms with Crippen LogP contribution in [0.25, 0.3) is 0 Å². The summed E-state index contributed by atoms with van der Waals surface area (Å²) in [6.45, 7) is 2.17. The molecule has 0 spiro atoms. The number of rotatable bonds is 7. The van der Waals surface area contributed by atoms with Gasteiger partial charge in [0.15, 0.2) is 0 Å². The van der Waals surface area contributed by atoms with E-state index >= 15 is 0 Å². The topological polar surface area (TPSA) is 79.1 Å². The molecule has 1 amide bonds. The van der Waals surface area contributed by atoms with Crippen LogP contribution in [0.1, 0.15) is 10.4 Å². The van der Waals surface area contributed by atoms with Crippen LogP contribution in [0.15, 0.2) is 24.3 Å². The standard InChI is InChI=1S/C12H16NO3.Hg.H2O/c1-15-9-10-16-8-7-13-12(14)11-5-3-2-4-6-11;;/h3-6H,7-10H2,1H3,(H,13,14);;1H2. The van der Waals surface area contributed by atoms with Crippen LogP contribution in [-0.2, 0) is 35.6 Å². The van der Waals surface area contributed by atoms with E-state index in [0.29, 0.717) is 58.1 Å². The van der Waals surface area contributed by atoms with Crippen molar-refractivity contribution >= 4 is 8.98 Å². The minimum Gasteiger partial charge on any atom is -0.412 e. The minimum absolute atomic E-state index is 0. The molecule has 0 bridgehead atoms. The summed E-state index contributed by atoms with van der Waals surface area (Å²) >= 11 is 0.615. The van der Waals surface area contributed by atoms with Gasteiger partial charge in [-0.25, -0.2) is 0 Å². The first-order valence-electron chi connectivity index (χ1n) is 5.51. The second kappa shape index (κ2) is 10.4. The predicted octanol–water partition coefficient (Wildman–Crippen LogP) is -0.573.